The van der Waals surface area contributed by atoms with Crippen LogP contribution < -0.4 is 10.1 Å². The molecule has 0 aliphatic heterocycles. The van der Waals surface area contributed by atoms with E-state index in [9.17, 15) is 0 Å². The molecule has 1 aliphatic carbocycles. The molecule has 0 aromatic heterocycles. The maximum atomic E-state index is 5.73. The molecule has 0 amide bonds. The molecule has 88 valence electrons. The lowest BCUT2D eigenvalue weighted by Gasteiger charge is -2.15. The van der Waals surface area contributed by atoms with Gasteiger partial charge in [-0.3, -0.25) is 0 Å². The highest BCUT2D eigenvalue weighted by atomic mass is 32.2. The Labute approximate surface area is 102 Å². The van der Waals surface area contributed by atoms with Crippen LogP contribution in [0.3, 0.4) is 0 Å². The Hall–Kier alpha value is -0.670. The zero-order valence-electron chi connectivity index (χ0n) is 9.90. The third-order valence-corrected chi connectivity index (χ3v) is 3.46. The van der Waals surface area contributed by atoms with E-state index in [0.29, 0.717) is 12.1 Å². The molecule has 0 saturated heterocycles. The highest BCUT2D eigenvalue weighted by Gasteiger charge is 2.23. The van der Waals surface area contributed by atoms with Gasteiger partial charge in [0.05, 0.1) is 6.10 Å². The van der Waals surface area contributed by atoms with Gasteiger partial charge in [0, 0.05) is 11.8 Å². The van der Waals surface area contributed by atoms with Crippen LogP contribution >= 0.6 is 11.8 Å². The summed E-state index contributed by atoms with van der Waals surface area (Å²) in [5.41, 5.74) is 1.33. The van der Waals surface area contributed by atoms with Crippen molar-refractivity contribution in [3.8, 4) is 5.75 Å². The van der Waals surface area contributed by atoms with Crippen molar-refractivity contribution in [2.24, 2.45) is 0 Å². The van der Waals surface area contributed by atoms with Gasteiger partial charge in [-0.1, -0.05) is 12.1 Å². The maximum absolute atomic E-state index is 5.73. The molecule has 1 atom stereocenters. The van der Waals surface area contributed by atoms with Gasteiger partial charge in [0.1, 0.15) is 5.75 Å². The summed E-state index contributed by atoms with van der Waals surface area (Å²) in [5.74, 6) is 2.10. The highest BCUT2D eigenvalue weighted by Crippen LogP contribution is 2.27. The van der Waals surface area contributed by atoms with Crippen LogP contribution in [0.15, 0.2) is 24.3 Å². The predicted octanol–water partition coefficient (Wildman–Crippen LogP) is 2.85. The van der Waals surface area contributed by atoms with Gasteiger partial charge in [-0.25, -0.2) is 0 Å². The van der Waals surface area contributed by atoms with E-state index in [1.54, 1.807) is 0 Å². The highest BCUT2D eigenvalue weighted by molar-refractivity contribution is 7.98. The molecule has 1 aromatic carbocycles. The van der Waals surface area contributed by atoms with Gasteiger partial charge < -0.3 is 10.1 Å². The first-order valence-corrected chi connectivity index (χ1v) is 7.15. The van der Waals surface area contributed by atoms with Gasteiger partial charge in [0.25, 0.3) is 0 Å². The number of benzene rings is 1. The van der Waals surface area contributed by atoms with E-state index < -0.39 is 0 Å². The Kier molecular flexibility index (Phi) is 4.13. The Morgan fingerprint density at radius 1 is 1.38 bits per heavy atom. The average Bonchev–Trinajstić information content (AvgIpc) is 3.11. The second-order valence-electron chi connectivity index (χ2n) is 4.18. The Bertz CT molecular complexity index is 321. The van der Waals surface area contributed by atoms with E-state index in [4.69, 9.17) is 4.74 Å². The molecule has 1 unspecified atom stereocenters. The van der Waals surface area contributed by atoms with Crippen LogP contribution in [0.2, 0.25) is 0 Å². The lowest BCUT2D eigenvalue weighted by Crippen LogP contribution is -2.18. The minimum absolute atomic E-state index is 0.435. The normalized spacial score (nSPS) is 17.1. The van der Waals surface area contributed by atoms with Crippen molar-refractivity contribution in [2.45, 2.75) is 25.0 Å². The number of thioether (sulfide) groups is 1. The maximum Gasteiger partial charge on any atom is 0.119 e. The second kappa shape index (κ2) is 5.60. The minimum Gasteiger partial charge on any atom is -0.490 e. The third kappa shape index (κ3) is 3.16. The summed E-state index contributed by atoms with van der Waals surface area (Å²) in [6.07, 6.45) is 5.05. The molecule has 16 heavy (non-hydrogen) atoms. The van der Waals surface area contributed by atoms with Crippen molar-refractivity contribution in [3.63, 3.8) is 0 Å². The summed E-state index contributed by atoms with van der Waals surface area (Å²) in [4.78, 5) is 0. The second-order valence-corrected chi connectivity index (χ2v) is 5.09. The molecule has 1 aromatic rings. The van der Waals surface area contributed by atoms with E-state index in [0.717, 1.165) is 11.5 Å². The first-order valence-electron chi connectivity index (χ1n) is 5.76. The summed E-state index contributed by atoms with van der Waals surface area (Å²) < 4.78 is 5.73. The zero-order chi connectivity index (χ0) is 11.4. The van der Waals surface area contributed by atoms with Crippen molar-refractivity contribution >= 4 is 11.8 Å². The Morgan fingerprint density at radius 2 is 2.06 bits per heavy atom. The largest absolute Gasteiger partial charge is 0.490 e. The summed E-state index contributed by atoms with van der Waals surface area (Å²) in [6.45, 7) is 0. The van der Waals surface area contributed by atoms with E-state index in [1.165, 1.54) is 18.4 Å². The molecule has 0 spiro atoms. The summed E-state index contributed by atoms with van der Waals surface area (Å²) >= 11 is 1.86. The number of hydrogen-bond donors (Lipinski definition) is 1. The van der Waals surface area contributed by atoms with Crippen molar-refractivity contribution in [2.75, 3.05) is 19.1 Å². The van der Waals surface area contributed by atoms with Crippen LogP contribution in [-0.4, -0.2) is 25.2 Å². The van der Waals surface area contributed by atoms with Crippen LogP contribution in [-0.2, 0) is 0 Å². The third-order valence-electron chi connectivity index (χ3n) is 2.79. The quantitative estimate of drug-likeness (QED) is 0.822. The van der Waals surface area contributed by atoms with Crippen LogP contribution in [0.1, 0.15) is 24.4 Å². The molecule has 3 heteroatoms. The number of rotatable bonds is 6. The smallest absolute Gasteiger partial charge is 0.119 e. The van der Waals surface area contributed by atoms with E-state index in [2.05, 4.69) is 35.8 Å². The Morgan fingerprint density at radius 3 is 2.56 bits per heavy atom. The van der Waals surface area contributed by atoms with Gasteiger partial charge >= 0.3 is 0 Å². The molecular formula is C13H19NOS. The molecular weight excluding hydrogens is 218 g/mol. The monoisotopic (exact) mass is 237 g/mol. The summed E-state index contributed by atoms with van der Waals surface area (Å²) in [7, 11) is 2.01. The molecule has 1 fully saturated rings. The minimum atomic E-state index is 0.435. The molecule has 1 saturated carbocycles. The molecule has 0 heterocycles. The van der Waals surface area contributed by atoms with E-state index in [-0.39, 0.29) is 0 Å². The van der Waals surface area contributed by atoms with E-state index in [1.807, 2.05) is 18.8 Å². The average molecular weight is 237 g/mol. The van der Waals surface area contributed by atoms with Gasteiger partial charge in [0.15, 0.2) is 0 Å². The predicted molar refractivity (Wildman–Crippen MR) is 70.3 cm³/mol. The lowest BCUT2D eigenvalue weighted by atomic mass is 10.1. The van der Waals surface area contributed by atoms with E-state index >= 15 is 0 Å². The fraction of sp³-hybridized carbons (Fsp3) is 0.538. The molecule has 2 rings (SSSR count). The molecule has 0 radical (unpaired) electrons. The fourth-order valence-corrected chi connectivity index (χ4v) is 2.36. The van der Waals surface area contributed by atoms with Crippen molar-refractivity contribution in [1.82, 2.24) is 5.32 Å². The van der Waals surface area contributed by atoms with Gasteiger partial charge in [-0.05, 0) is 43.8 Å². The van der Waals surface area contributed by atoms with Crippen LogP contribution in [0, 0.1) is 0 Å². The summed E-state index contributed by atoms with van der Waals surface area (Å²) in [6, 6.07) is 8.92. The molecule has 2 nitrogen and oxygen atoms in total. The number of ether oxygens (including phenoxy) is 1. The van der Waals surface area contributed by atoms with Crippen LogP contribution in [0.25, 0.3) is 0 Å². The number of nitrogens with one attached hydrogen (secondary N) is 1. The van der Waals surface area contributed by atoms with Crippen molar-refractivity contribution in [1.29, 1.82) is 0 Å². The zero-order valence-corrected chi connectivity index (χ0v) is 10.7. The first kappa shape index (κ1) is 11.8. The van der Waals surface area contributed by atoms with Gasteiger partial charge in [0.2, 0.25) is 0 Å². The van der Waals surface area contributed by atoms with Crippen molar-refractivity contribution < 1.29 is 4.74 Å². The van der Waals surface area contributed by atoms with Gasteiger partial charge in [-0.2, -0.15) is 11.8 Å². The SMILES string of the molecule is CNC(CSC)c1ccc(OC2CC2)cc1. The van der Waals surface area contributed by atoms with Crippen molar-refractivity contribution in [3.05, 3.63) is 29.8 Å². The topological polar surface area (TPSA) is 21.3 Å². The number of hydrogen-bond acceptors (Lipinski definition) is 3. The van der Waals surface area contributed by atoms with Gasteiger partial charge in [-0.15, -0.1) is 0 Å². The van der Waals surface area contributed by atoms with Crippen LogP contribution in [0.4, 0.5) is 0 Å². The first-order chi connectivity index (χ1) is 7.83. The lowest BCUT2D eigenvalue weighted by molar-refractivity contribution is 0.303. The fourth-order valence-electron chi connectivity index (χ4n) is 1.67. The van der Waals surface area contributed by atoms with Crippen LogP contribution in [0.5, 0.6) is 5.75 Å². The summed E-state index contributed by atoms with van der Waals surface area (Å²) in [5, 5.41) is 3.33. The molecule has 1 N–H and O–H groups in total. The molecule has 1 aliphatic rings. The Balaban J connectivity index is 1.98. The standard InChI is InChI=1S/C13H19NOS/c1-14-13(9-16-2)10-3-5-11(6-4-10)15-12-7-8-12/h3-6,12-14H,7-9H2,1-2H3. The molecule has 0 bridgehead atoms.